The van der Waals surface area contributed by atoms with Crippen LogP contribution in [-0.2, 0) is 13.0 Å². The molecule has 2 heterocycles. The number of Topliss-reactive ketones (excluding diaryl/α,β-unsaturated/α-hetero) is 1. The molecule has 0 amide bonds. The van der Waals surface area contributed by atoms with Crippen molar-refractivity contribution in [2.24, 2.45) is 16.5 Å². The zero-order chi connectivity index (χ0) is 18.7. The summed E-state index contributed by atoms with van der Waals surface area (Å²) in [6.07, 6.45) is 2.28. The molecular weight excluding hydrogens is 331 g/mol. The first-order chi connectivity index (χ1) is 12.4. The number of aromatic nitrogens is 1. The maximum atomic E-state index is 12.6. The standard InChI is InChI=1S/C18H21BN4O3/c1-11-3-2-4-13-8-14(19(25)26-17(11)13)9-16(24)15-7-12(5-6-22-15)10-23-18(20)21/h2-7,14,25H,8-10H2,1H3,(H4,20,21,23). The summed E-state index contributed by atoms with van der Waals surface area (Å²) in [6.45, 7) is 2.22. The van der Waals surface area contributed by atoms with Crippen molar-refractivity contribution in [3.8, 4) is 5.75 Å². The average Bonchev–Trinajstić information content (AvgIpc) is 2.62. The van der Waals surface area contributed by atoms with Gasteiger partial charge in [-0.3, -0.25) is 9.78 Å². The Hall–Kier alpha value is -2.87. The Balaban J connectivity index is 1.72. The number of hydrogen-bond acceptors (Lipinski definition) is 5. The summed E-state index contributed by atoms with van der Waals surface area (Å²) in [5.74, 6) is 0.229. The summed E-state index contributed by atoms with van der Waals surface area (Å²) < 4.78 is 5.64. The minimum absolute atomic E-state index is 0.00822. The van der Waals surface area contributed by atoms with Crippen LogP contribution in [0, 0.1) is 6.92 Å². The Bertz CT molecular complexity index is 852. The maximum Gasteiger partial charge on any atom is 0.526 e. The van der Waals surface area contributed by atoms with Crippen molar-refractivity contribution in [2.75, 3.05) is 0 Å². The number of nitrogens with zero attached hydrogens (tertiary/aromatic N) is 2. The average molecular weight is 352 g/mol. The fourth-order valence-electron chi connectivity index (χ4n) is 3.07. The summed E-state index contributed by atoms with van der Waals surface area (Å²) in [5.41, 5.74) is 13.8. The first-order valence-electron chi connectivity index (χ1n) is 8.41. The summed E-state index contributed by atoms with van der Waals surface area (Å²) in [7, 11) is -1.02. The van der Waals surface area contributed by atoms with Crippen LogP contribution >= 0.6 is 0 Å². The van der Waals surface area contributed by atoms with Crippen LogP contribution in [0.25, 0.3) is 0 Å². The number of benzene rings is 1. The molecule has 0 bridgehead atoms. The lowest BCUT2D eigenvalue weighted by atomic mass is 9.64. The molecule has 0 saturated carbocycles. The SMILES string of the molecule is Cc1cccc2c1OB(O)C(CC(=O)c1cc(CN=C(N)N)ccn1)C2. The van der Waals surface area contributed by atoms with E-state index in [0.717, 1.165) is 16.7 Å². The number of hydrogen-bond donors (Lipinski definition) is 3. The molecule has 5 N–H and O–H groups in total. The second-order valence-electron chi connectivity index (χ2n) is 6.45. The monoisotopic (exact) mass is 352 g/mol. The topological polar surface area (TPSA) is 124 Å². The first kappa shape index (κ1) is 17.9. The van der Waals surface area contributed by atoms with Crippen LogP contribution in [0.1, 0.15) is 33.6 Å². The van der Waals surface area contributed by atoms with Crippen molar-refractivity contribution < 1.29 is 14.5 Å². The molecule has 1 unspecified atom stereocenters. The van der Waals surface area contributed by atoms with Gasteiger partial charge in [0.25, 0.3) is 0 Å². The number of carbonyl (C=O) groups excluding carboxylic acids is 1. The van der Waals surface area contributed by atoms with Gasteiger partial charge >= 0.3 is 7.12 Å². The highest BCUT2D eigenvalue weighted by atomic mass is 16.5. The molecule has 1 atom stereocenters. The fourth-order valence-corrected chi connectivity index (χ4v) is 3.07. The van der Waals surface area contributed by atoms with Crippen LogP contribution in [0.2, 0.25) is 5.82 Å². The molecule has 1 aromatic heterocycles. The molecule has 2 aromatic rings. The van der Waals surface area contributed by atoms with Gasteiger partial charge in [-0.2, -0.15) is 0 Å². The Labute approximate surface area is 152 Å². The van der Waals surface area contributed by atoms with Crippen molar-refractivity contribution in [3.63, 3.8) is 0 Å². The number of guanidine groups is 1. The van der Waals surface area contributed by atoms with Gasteiger partial charge < -0.3 is 21.1 Å². The lowest BCUT2D eigenvalue weighted by Gasteiger charge is -2.28. The van der Waals surface area contributed by atoms with Crippen LogP contribution in [-0.4, -0.2) is 28.9 Å². The summed E-state index contributed by atoms with van der Waals surface area (Å²) in [5, 5.41) is 10.3. The molecular formula is C18H21BN4O3. The van der Waals surface area contributed by atoms with E-state index in [1.54, 1.807) is 18.3 Å². The smallest absolute Gasteiger partial charge is 0.526 e. The van der Waals surface area contributed by atoms with Gasteiger partial charge in [0.1, 0.15) is 11.4 Å². The number of fused-ring (bicyclic) bond motifs is 1. The van der Waals surface area contributed by atoms with E-state index >= 15 is 0 Å². The molecule has 26 heavy (non-hydrogen) atoms. The number of nitrogens with two attached hydrogens (primary N) is 2. The molecule has 0 saturated heterocycles. The number of aliphatic imine (C=N–C) groups is 1. The second-order valence-corrected chi connectivity index (χ2v) is 6.45. The third kappa shape index (κ3) is 4.03. The van der Waals surface area contributed by atoms with E-state index in [2.05, 4.69) is 9.98 Å². The fraction of sp³-hybridized carbons (Fsp3) is 0.278. The van der Waals surface area contributed by atoms with Gasteiger partial charge in [0.15, 0.2) is 11.7 Å². The molecule has 0 spiro atoms. The van der Waals surface area contributed by atoms with E-state index in [1.165, 1.54) is 0 Å². The summed E-state index contributed by atoms with van der Waals surface area (Å²) >= 11 is 0. The predicted molar refractivity (Wildman–Crippen MR) is 99.9 cm³/mol. The quantitative estimate of drug-likeness (QED) is 0.322. The normalized spacial score (nSPS) is 15.8. The van der Waals surface area contributed by atoms with Gasteiger partial charge in [0.05, 0.1) is 6.54 Å². The number of ketones is 1. The molecule has 1 aliphatic rings. The van der Waals surface area contributed by atoms with E-state index < -0.39 is 7.12 Å². The lowest BCUT2D eigenvalue weighted by Crippen LogP contribution is -2.35. The third-order valence-electron chi connectivity index (χ3n) is 4.42. The van der Waals surface area contributed by atoms with Crippen molar-refractivity contribution in [3.05, 3.63) is 58.9 Å². The van der Waals surface area contributed by atoms with Crippen LogP contribution in [0.3, 0.4) is 0 Å². The van der Waals surface area contributed by atoms with Gasteiger partial charge in [0.2, 0.25) is 0 Å². The Morgan fingerprint density at radius 3 is 3.00 bits per heavy atom. The molecule has 7 nitrogen and oxygen atoms in total. The second kappa shape index (κ2) is 7.57. The van der Waals surface area contributed by atoms with Crippen LogP contribution in [0.4, 0.5) is 0 Å². The van der Waals surface area contributed by atoms with Gasteiger partial charge in [0, 0.05) is 18.4 Å². The number of para-hydroxylation sites is 1. The maximum absolute atomic E-state index is 12.6. The number of rotatable bonds is 5. The van der Waals surface area contributed by atoms with Gasteiger partial charge in [-0.1, -0.05) is 18.2 Å². The Morgan fingerprint density at radius 1 is 1.42 bits per heavy atom. The van der Waals surface area contributed by atoms with Crippen molar-refractivity contribution in [1.82, 2.24) is 4.98 Å². The largest absolute Gasteiger partial charge is 0.536 e. The number of pyridine rings is 1. The van der Waals surface area contributed by atoms with Crippen LogP contribution in [0.15, 0.2) is 41.5 Å². The highest BCUT2D eigenvalue weighted by Crippen LogP contribution is 2.36. The molecule has 1 aliphatic heterocycles. The minimum atomic E-state index is -1.02. The Kier molecular flexibility index (Phi) is 5.23. The van der Waals surface area contributed by atoms with Gasteiger partial charge in [-0.15, -0.1) is 0 Å². The van der Waals surface area contributed by atoms with Crippen LogP contribution in [0.5, 0.6) is 5.75 Å². The van der Waals surface area contributed by atoms with E-state index in [9.17, 15) is 9.82 Å². The van der Waals surface area contributed by atoms with Gasteiger partial charge in [-0.25, -0.2) is 4.99 Å². The zero-order valence-corrected chi connectivity index (χ0v) is 14.6. The summed E-state index contributed by atoms with van der Waals surface area (Å²) in [4.78, 5) is 20.7. The number of carbonyl (C=O) groups is 1. The number of aryl methyl sites for hydroxylation is 1. The summed E-state index contributed by atoms with van der Waals surface area (Å²) in [6, 6.07) is 9.26. The van der Waals surface area contributed by atoms with E-state index in [0.29, 0.717) is 17.9 Å². The molecule has 8 heteroatoms. The predicted octanol–water partition coefficient (Wildman–Crippen LogP) is 1.22. The third-order valence-corrected chi connectivity index (χ3v) is 4.42. The molecule has 134 valence electrons. The lowest BCUT2D eigenvalue weighted by molar-refractivity contribution is 0.0970. The molecule has 3 rings (SSSR count). The van der Waals surface area contributed by atoms with Crippen molar-refractivity contribution in [1.29, 1.82) is 0 Å². The Morgan fingerprint density at radius 2 is 2.23 bits per heavy atom. The van der Waals surface area contributed by atoms with E-state index in [4.69, 9.17) is 16.1 Å². The minimum Gasteiger partial charge on any atom is -0.536 e. The highest BCUT2D eigenvalue weighted by molar-refractivity contribution is 6.47. The molecule has 0 radical (unpaired) electrons. The molecule has 0 aliphatic carbocycles. The highest BCUT2D eigenvalue weighted by Gasteiger charge is 2.36. The van der Waals surface area contributed by atoms with E-state index in [-0.39, 0.29) is 30.5 Å². The van der Waals surface area contributed by atoms with Gasteiger partial charge in [-0.05, 0) is 42.2 Å². The van der Waals surface area contributed by atoms with Crippen molar-refractivity contribution in [2.45, 2.75) is 32.1 Å². The molecule has 0 fully saturated rings. The molecule has 1 aromatic carbocycles. The van der Waals surface area contributed by atoms with E-state index in [1.807, 2.05) is 25.1 Å². The van der Waals surface area contributed by atoms with Crippen molar-refractivity contribution >= 4 is 18.9 Å². The zero-order valence-electron chi connectivity index (χ0n) is 14.6. The first-order valence-corrected chi connectivity index (χ1v) is 8.41. The van der Waals surface area contributed by atoms with Crippen LogP contribution < -0.4 is 16.1 Å².